The van der Waals surface area contributed by atoms with Crippen molar-refractivity contribution >= 4 is 48.1 Å². The van der Waals surface area contributed by atoms with Gasteiger partial charge in [0, 0.05) is 9.52 Å². The maximum absolute atomic E-state index is 4.93. The quantitative estimate of drug-likeness (QED) is 0.111. The Hall–Kier alpha value is -2.22. The maximum atomic E-state index is 4.93. The van der Waals surface area contributed by atoms with Gasteiger partial charge in [-0.2, -0.15) is 12.1 Å². The first-order valence-corrected chi connectivity index (χ1v) is 27.2. The number of fused-ring (bicyclic) bond motifs is 2. The first-order chi connectivity index (χ1) is 24.8. The molecule has 0 aliphatic heterocycles. The minimum absolute atomic E-state index is 0.590. The van der Waals surface area contributed by atoms with Crippen LogP contribution in [0.5, 0.6) is 0 Å². The van der Waals surface area contributed by atoms with Crippen LogP contribution >= 0.6 is 17.0 Å². The molecule has 1 saturated carbocycles. The fourth-order valence-electron chi connectivity index (χ4n) is 7.21. The van der Waals surface area contributed by atoms with E-state index in [1.165, 1.54) is 99.0 Å². The van der Waals surface area contributed by atoms with E-state index in [2.05, 4.69) is 157 Å². The zero-order valence-electron chi connectivity index (χ0n) is 31.8. The SMILES string of the molecule is CC(C)c1ccc(-c2cccc3[cH-]c(C4CCCCC4)cc23)cc1.CCc1cc2c(-c3ccc(C(C)CC)cc3)cccc2[cH-]1.C[Si]C.[Cl][Zr+2][Cl]. The molecule has 0 aromatic heterocycles. The normalized spacial score (nSPS) is 13.4. The molecule has 0 N–H and O–H groups in total. The van der Waals surface area contributed by atoms with Crippen LogP contribution in [-0.2, 0) is 27.3 Å². The summed E-state index contributed by atoms with van der Waals surface area (Å²) < 4.78 is 0. The minimum atomic E-state index is -0.826. The molecule has 51 heavy (non-hydrogen) atoms. The standard InChI is InChI=1S/C24H27.C21H23.C2H6Si.2ClH.Zr/c1-17(2)18-11-13-20(14-12-18)23-10-6-9-21-15-22(16-24(21)23)19-7-4-3-5-8-19;1-4-15(3)17-9-11-18(12-10-17)20-8-6-7-19-13-16(5-2)14-21(19)20;1-3-2;;;/h6,9-17,19H,3-5,7-8H2,1-2H3;6-15H,4-5H2,1-3H3;1-2H3;2*1H;/q2*-1;;;;+4/p-2. The monoisotopic (exact) mass is 808 g/mol. The van der Waals surface area contributed by atoms with Gasteiger partial charge in [0.2, 0.25) is 0 Å². The molecule has 266 valence electrons. The zero-order chi connectivity index (χ0) is 36.8. The van der Waals surface area contributed by atoms with Gasteiger partial charge < -0.3 is 0 Å². The van der Waals surface area contributed by atoms with Gasteiger partial charge in [-0.05, 0) is 65.7 Å². The summed E-state index contributed by atoms with van der Waals surface area (Å²) in [6.45, 7) is 15.6. The molecule has 0 amide bonds. The Morgan fingerprint density at radius 2 is 1.18 bits per heavy atom. The zero-order valence-corrected chi connectivity index (χ0v) is 36.8. The molecule has 0 bridgehead atoms. The van der Waals surface area contributed by atoms with Crippen LogP contribution in [0.15, 0.2) is 109 Å². The second-order valence-corrected chi connectivity index (χ2v) is 19.0. The molecule has 1 aliphatic carbocycles. The van der Waals surface area contributed by atoms with Gasteiger partial charge in [0.25, 0.3) is 0 Å². The fraction of sp³-hybridized carbons (Fsp3) is 0.362. The van der Waals surface area contributed by atoms with Crippen molar-refractivity contribution in [3.8, 4) is 22.3 Å². The van der Waals surface area contributed by atoms with E-state index in [0.29, 0.717) is 11.8 Å². The molecule has 0 nitrogen and oxygen atoms in total. The van der Waals surface area contributed by atoms with Crippen LogP contribution in [-0.4, -0.2) is 9.52 Å². The molecule has 7 rings (SSSR count). The number of rotatable bonds is 7. The first-order valence-electron chi connectivity index (χ1n) is 18.9. The summed E-state index contributed by atoms with van der Waals surface area (Å²) in [6, 6.07) is 41.2. The summed E-state index contributed by atoms with van der Waals surface area (Å²) >= 11 is -0.826. The van der Waals surface area contributed by atoms with E-state index in [9.17, 15) is 0 Å². The molecule has 0 spiro atoms. The summed E-state index contributed by atoms with van der Waals surface area (Å²) in [5, 5.41) is 5.57. The van der Waals surface area contributed by atoms with Crippen LogP contribution in [0.25, 0.3) is 43.8 Å². The van der Waals surface area contributed by atoms with Crippen LogP contribution in [0.1, 0.15) is 113 Å². The van der Waals surface area contributed by atoms with Crippen molar-refractivity contribution in [2.75, 3.05) is 0 Å². The Labute approximate surface area is 330 Å². The van der Waals surface area contributed by atoms with E-state index in [1.54, 1.807) is 5.56 Å². The molecule has 1 aliphatic rings. The molecular weight excluding hydrogens is 755 g/mol. The van der Waals surface area contributed by atoms with Crippen LogP contribution in [0.3, 0.4) is 0 Å². The Kier molecular flexibility index (Phi) is 17.5. The van der Waals surface area contributed by atoms with Crippen molar-refractivity contribution in [3.05, 3.63) is 131 Å². The summed E-state index contributed by atoms with van der Waals surface area (Å²) in [7, 11) is 11.0. The Bertz CT molecular complexity index is 1870. The molecule has 4 heteroatoms. The number of hydrogen-bond donors (Lipinski definition) is 0. The van der Waals surface area contributed by atoms with Gasteiger partial charge in [0.1, 0.15) is 0 Å². The third-order valence-electron chi connectivity index (χ3n) is 10.4. The summed E-state index contributed by atoms with van der Waals surface area (Å²) in [4.78, 5) is 0. The Morgan fingerprint density at radius 3 is 1.67 bits per heavy atom. The van der Waals surface area contributed by atoms with Crippen LogP contribution in [0.4, 0.5) is 0 Å². The molecule has 6 aromatic rings. The topological polar surface area (TPSA) is 0 Å². The van der Waals surface area contributed by atoms with Gasteiger partial charge in [0.05, 0.1) is 0 Å². The Balaban J connectivity index is 0.000000200. The number of hydrogen-bond acceptors (Lipinski definition) is 0. The second-order valence-electron chi connectivity index (χ2n) is 14.2. The van der Waals surface area contributed by atoms with Crippen LogP contribution in [0, 0.1) is 0 Å². The van der Waals surface area contributed by atoms with Gasteiger partial charge in [0.15, 0.2) is 0 Å². The number of halogens is 2. The molecule has 1 fully saturated rings. The Morgan fingerprint density at radius 1 is 0.686 bits per heavy atom. The van der Waals surface area contributed by atoms with E-state index in [0.717, 1.165) is 21.9 Å². The van der Waals surface area contributed by atoms with Crippen molar-refractivity contribution in [1.82, 2.24) is 0 Å². The van der Waals surface area contributed by atoms with Gasteiger partial charge in [-0.1, -0.05) is 139 Å². The van der Waals surface area contributed by atoms with E-state index in [4.69, 9.17) is 17.0 Å². The van der Waals surface area contributed by atoms with Crippen molar-refractivity contribution in [2.24, 2.45) is 0 Å². The average molecular weight is 811 g/mol. The molecule has 1 unspecified atom stereocenters. The first kappa shape index (κ1) is 41.5. The average Bonchev–Trinajstić information content (AvgIpc) is 3.81. The van der Waals surface area contributed by atoms with Crippen LogP contribution in [0.2, 0.25) is 13.1 Å². The van der Waals surface area contributed by atoms with E-state index < -0.39 is 20.8 Å². The van der Waals surface area contributed by atoms with E-state index >= 15 is 0 Å². The second kappa shape index (κ2) is 21.5. The molecule has 0 heterocycles. The third-order valence-corrected chi connectivity index (χ3v) is 10.4. The van der Waals surface area contributed by atoms with Gasteiger partial charge >= 0.3 is 37.9 Å². The molecule has 6 aromatic carbocycles. The van der Waals surface area contributed by atoms with E-state index in [-0.39, 0.29) is 0 Å². The summed E-state index contributed by atoms with van der Waals surface area (Å²) in [5.41, 5.74) is 11.2. The predicted octanol–water partition coefficient (Wildman–Crippen LogP) is 15.9. The van der Waals surface area contributed by atoms with Crippen molar-refractivity contribution in [2.45, 2.75) is 110 Å². The van der Waals surface area contributed by atoms with Gasteiger partial charge in [-0.25, -0.2) is 0 Å². The van der Waals surface area contributed by atoms with Gasteiger partial charge in [-0.3, -0.25) is 0 Å². The van der Waals surface area contributed by atoms with E-state index in [1.807, 2.05) is 0 Å². The number of benzene rings is 4. The summed E-state index contributed by atoms with van der Waals surface area (Å²) in [5.74, 6) is 2.01. The third kappa shape index (κ3) is 11.4. The van der Waals surface area contributed by atoms with Crippen molar-refractivity contribution in [3.63, 3.8) is 0 Å². The molecule has 1 atom stereocenters. The molecule has 0 saturated heterocycles. The van der Waals surface area contributed by atoms with Gasteiger partial charge in [-0.15, -0.1) is 69.1 Å². The molecule has 2 radical (unpaired) electrons. The van der Waals surface area contributed by atoms with Crippen LogP contribution < -0.4 is 0 Å². The summed E-state index contributed by atoms with van der Waals surface area (Å²) in [6.07, 6.45) is 9.25. The fourth-order valence-corrected chi connectivity index (χ4v) is 7.21. The van der Waals surface area contributed by atoms with Crippen molar-refractivity contribution < 1.29 is 20.8 Å². The predicted molar refractivity (Wildman–Crippen MR) is 227 cm³/mol. The van der Waals surface area contributed by atoms with Crippen molar-refractivity contribution in [1.29, 1.82) is 0 Å². The molecular formula is C47H56Cl2SiZr. The number of aryl methyl sites for hydroxylation is 1.